The molecule has 0 spiro atoms. The first-order valence-electron chi connectivity index (χ1n) is 5.74. The van der Waals surface area contributed by atoms with Gasteiger partial charge < -0.3 is 10.1 Å². The summed E-state index contributed by atoms with van der Waals surface area (Å²) in [6, 6.07) is -1.40. The van der Waals surface area contributed by atoms with Crippen LogP contribution in [-0.4, -0.2) is 49.6 Å². The molecule has 0 bridgehead atoms. The average Bonchev–Trinajstić information content (AvgIpc) is 2.60. The molecule has 6 heteroatoms. The van der Waals surface area contributed by atoms with Crippen molar-refractivity contribution < 1.29 is 17.9 Å². The Hall–Kier alpha value is -0.330. The van der Waals surface area contributed by atoms with Gasteiger partial charge in [0.2, 0.25) is 0 Å². The quantitative estimate of drug-likeness (QED) is 0.746. The predicted octanol–water partition coefficient (Wildman–Crippen LogP) is 1.35. The molecule has 0 radical (unpaired) electrons. The van der Waals surface area contributed by atoms with E-state index in [1.54, 1.807) is 0 Å². The van der Waals surface area contributed by atoms with Gasteiger partial charge in [-0.2, -0.15) is 13.2 Å². The van der Waals surface area contributed by atoms with Crippen LogP contribution in [0.4, 0.5) is 13.2 Å². The standard InChI is InChI=1S/C10H17F3N2O/c11-10(12,13)8-7-14-4-2-5-15(8)9-3-1-6-16-9/h8-9,14H,1-7H2. The molecule has 2 saturated heterocycles. The minimum Gasteiger partial charge on any atom is -0.363 e. The predicted molar refractivity (Wildman–Crippen MR) is 53.0 cm³/mol. The van der Waals surface area contributed by atoms with Crippen LogP contribution in [0.15, 0.2) is 0 Å². The molecule has 0 saturated carbocycles. The van der Waals surface area contributed by atoms with Crippen molar-refractivity contribution in [3.05, 3.63) is 0 Å². The second-order valence-corrected chi connectivity index (χ2v) is 4.32. The molecule has 2 aliphatic rings. The molecule has 0 amide bonds. The lowest BCUT2D eigenvalue weighted by atomic mass is 10.2. The van der Waals surface area contributed by atoms with E-state index >= 15 is 0 Å². The van der Waals surface area contributed by atoms with E-state index in [1.165, 1.54) is 4.90 Å². The smallest absolute Gasteiger partial charge is 0.363 e. The van der Waals surface area contributed by atoms with Gasteiger partial charge in [-0.1, -0.05) is 0 Å². The Balaban J connectivity index is 2.09. The van der Waals surface area contributed by atoms with E-state index in [1.807, 2.05) is 0 Å². The van der Waals surface area contributed by atoms with Crippen LogP contribution in [0.1, 0.15) is 19.3 Å². The van der Waals surface area contributed by atoms with Crippen LogP contribution in [0, 0.1) is 0 Å². The summed E-state index contributed by atoms with van der Waals surface area (Å²) in [5.74, 6) is 0. The van der Waals surface area contributed by atoms with Gasteiger partial charge in [0.05, 0.1) is 0 Å². The van der Waals surface area contributed by atoms with Crippen LogP contribution < -0.4 is 5.32 Å². The van der Waals surface area contributed by atoms with Gasteiger partial charge in [0.1, 0.15) is 12.3 Å². The molecule has 0 aromatic heterocycles. The zero-order valence-electron chi connectivity index (χ0n) is 9.09. The summed E-state index contributed by atoms with van der Waals surface area (Å²) in [5, 5.41) is 2.84. The van der Waals surface area contributed by atoms with Gasteiger partial charge in [-0.3, -0.25) is 4.90 Å². The highest BCUT2D eigenvalue weighted by atomic mass is 19.4. The Morgan fingerprint density at radius 3 is 2.69 bits per heavy atom. The molecule has 2 aliphatic heterocycles. The lowest BCUT2D eigenvalue weighted by molar-refractivity contribution is -0.203. The molecule has 2 atom stereocenters. The molecule has 3 nitrogen and oxygen atoms in total. The van der Waals surface area contributed by atoms with Crippen LogP contribution in [0.25, 0.3) is 0 Å². The fourth-order valence-corrected chi connectivity index (χ4v) is 2.37. The Morgan fingerprint density at radius 2 is 2.06 bits per heavy atom. The molecular formula is C10H17F3N2O. The summed E-state index contributed by atoms with van der Waals surface area (Å²) in [6.45, 7) is 1.67. The number of ether oxygens (including phenoxy) is 1. The number of hydrogen-bond donors (Lipinski definition) is 1. The van der Waals surface area contributed by atoms with Crippen LogP contribution in [0.2, 0.25) is 0 Å². The summed E-state index contributed by atoms with van der Waals surface area (Å²) in [4.78, 5) is 1.48. The van der Waals surface area contributed by atoms with Crippen molar-refractivity contribution in [3.63, 3.8) is 0 Å². The van der Waals surface area contributed by atoms with Gasteiger partial charge in [0.15, 0.2) is 0 Å². The third kappa shape index (κ3) is 2.67. The van der Waals surface area contributed by atoms with Crippen LogP contribution in [0.5, 0.6) is 0 Å². The lowest BCUT2D eigenvalue weighted by Gasteiger charge is -2.34. The third-order valence-corrected chi connectivity index (χ3v) is 3.16. The fourth-order valence-electron chi connectivity index (χ4n) is 2.37. The monoisotopic (exact) mass is 238 g/mol. The maximum atomic E-state index is 12.9. The lowest BCUT2D eigenvalue weighted by Crippen LogP contribution is -2.53. The van der Waals surface area contributed by atoms with E-state index < -0.39 is 12.2 Å². The fraction of sp³-hybridized carbons (Fsp3) is 1.00. The zero-order chi connectivity index (χ0) is 11.6. The molecule has 0 aromatic rings. The zero-order valence-corrected chi connectivity index (χ0v) is 9.09. The first-order valence-corrected chi connectivity index (χ1v) is 5.74. The topological polar surface area (TPSA) is 24.5 Å². The molecule has 0 aromatic carbocycles. The van der Waals surface area contributed by atoms with Crippen LogP contribution in [-0.2, 0) is 4.74 Å². The van der Waals surface area contributed by atoms with Crippen molar-refractivity contribution >= 4 is 0 Å². The second-order valence-electron chi connectivity index (χ2n) is 4.32. The van der Waals surface area contributed by atoms with Crippen LogP contribution in [0.3, 0.4) is 0 Å². The number of halogens is 3. The molecular weight excluding hydrogens is 221 g/mol. The van der Waals surface area contributed by atoms with E-state index in [9.17, 15) is 13.2 Å². The van der Waals surface area contributed by atoms with E-state index in [0.717, 1.165) is 12.8 Å². The van der Waals surface area contributed by atoms with E-state index in [-0.39, 0.29) is 12.8 Å². The molecule has 2 fully saturated rings. The van der Waals surface area contributed by atoms with Crippen LogP contribution >= 0.6 is 0 Å². The van der Waals surface area contributed by atoms with Crippen molar-refractivity contribution in [1.82, 2.24) is 10.2 Å². The molecule has 94 valence electrons. The number of hydrogen-bond acceptors (Lipinski definition) is 3. The summed E-state index contributed by atoms with van der Waals surface area (Å²) in [5.41, 5.74) is 0. The maximum Gasteiger partial charge on any atom is 0.405 e. The molecule has 16 heavy (non-hydrogen) atoms. The minimum absolute atomic E-state index is 0.0244. The molecule has 2 unspecified atom stereocenters. The summed E-state index contributed by atoms with van der Waals surface area (Å²) < 4.78 is 44.0. The van der Waals surface area contributed by atoms with E-state index in [0.29, 0.717) is 26.1 Å². The number of nitrogens with one attached hydrogen (secondary N) is 1. The second kappa shape index (κ2) is 4.89. The highest BCUT2D eigenvalue weighted by Crippen LogP contribution is 2.30. The molecule has 1 N–H and O–H groups in total. The highest BCUT2D eigenvalue weighted by molar-refractivity contribution is 4.86. The SMILES string of the molecule is FC(F)(F)C1CNCCCN1C1CCCO1. The average molecular weight is 238 g/mol. The first-order chi connectivity index (χ1) is 7.59. The van der Waals surface area contributed by atoms with Gasteiger partial charge in [-0.05, 0) is 25.8 Å². The Labute approximate surface area is 92.9 Å². The van der Waals surface area contributed by atoms with Gasteiger partial charge in [-0.15, -0.1) is 0 Å². The summed E-state index contributed by atoms with van der Waals surface area (Å²) >= 11 is 0. The number of nitrogens with zero attached hydrogens (tertiary/aromatic N) is 1. The van der Waals surface area contributed by atoms with Gasteiger partial charge in [0.25, 0.3) is 0 Å². The van der Waals surface area contributed by atoms with E-state index in [4.69, 9.17) is 4.74 Å². The molecule has 2 rings (SSSR count). The minimum atomic E-state index is -4.18. The Bertz CT molecular complexity index is 229. The summed E-state index contributed by atoms with van der Waals surface area (Å²) in [7, 11) is 0. The Kier molecular flexibility index (Phi) is 3.71. The maximum absolute atomic E-state index is 12.9. The molecule has 2 heterocycles. The highest BCUT2D eigenvalue weighted by Gasteiger charge is 2.46. The number of alkyl halides is 3. The van der Waals surface area contributed by atoms with Crippen molar-refractivity contribution in [1.29, 1.82) is 0 Å². The van der Waals surface area contributed by atoms with Gasteiger partial charge in [-0.25, -0.2) is 0 Å². The largest absolute Gasteiger partial charge is 0.405 e. The Morgan fingerprint density at radius 1 is 1.25 bits per heavy atom. The number of rotatable bonds is 1. The third-order valence-electron chi connectivity index (χ3n) is 3.16. The van der Waals surface area contributed by atoms with Crippen molar-refractivity contribution in [2.75, 3.05) is 26.2 Å². The molecule has 0 aliphatic carbocycles. The van der Waals surface area contributed by atoms with Crippen molar-refractivity contribution in [2.24, 2.45) is 0 Å². The first kappa shape index (κ1) is 12.1. The summed E-state index contributed by atoms with van der Waals surface area (Å²) in [6.07, 6.45) is -2.20. The van der Waals surface area contributed by atoms with E-state index in [2.05, 4.69) is 5.32 Å². The van der Waals surface area contributed by atoms with Crippen molar-refractivity contribution in [2.45, 2.75) is 37.7 Å². The normalized spacial score (nSPS) is 33.9. The van der Waals surface area contributed by atoms with Gasteiger partial charge >= 0.3 is 6.18 Å². The van der Waals surface area contributed by atoms with Crippen molar-refractivity contribution in [3.8, 4) is 0 Å². The van der Waals surface area contributed by atoms with Gasteiger partial charge in [0, 0.05) is 19.7 Å².